The number of halogens is 4. The van der Waals surface area contributed by atoms with Crippen molar-refractivity contribution in [3.05, 3.63) is 40.0 Å². The summed E-state index contributed by atoms with van der Waals surface area (Å²) in [6.45, 7) is 2.20. The lowest BCUT2D eigenvalue weighted by Crippen LogP contribution is -2.48. The van der Waals surface area contributed by atoms with E-state index in [4.69, 9.17) is 9.15 Å². The number of rotatable bonds is 0. The Morgan fingerprint density at radius 2 is 1.95 bits per heavy atom. The maximum Gasteiger partial charge on any atom is 0.428 e. The van der Waals surface area contributed by atoms with Crippen LogP contribution >= 0.6 is 0 Å². The van der Waals surface area contributed by atoms with E-state index in [0.717, 1.165) is 19.1 Å². The van der Waals surface area contributed by atoms with Crippen LogP contribution in [0.3, 0.4) is 0 Å². The molecule has 0 amide bonds. The Balaban J connectivity index is 2.34. The van der Waals surface area contributed by atoms with Crippen molar-refractivity contribution in [2.75, 3.05) is 0 Å². The highest BCUT2D eigenvalue weighted by atomic mass is 19.4. The van der Waals surface area contributed by atoms with Gasteiger partial charge >= 0.3 is 11.8 Å². The van der Waals surface area contributed by atoms with Gasteiger partial charge in [0.2, 0.25) is 11.4 Å². The lowest BCUT2D eigenvalue weighted by molar-refractivity contribution is -0.241. The van der Waals surface area contributed by atoms with Crippen LogP contribution in [0.25, 0.3) is 11.0 Å². The number of fused-ring (bicyclic) bond motifs is 3. The van der Waals surface area contributed by atoms with Gasteiger partial charge in [-0.05, 0) is 19.1 Å². The Labute approximate surface area is 116 Å². The van der Waals surface area contributed by atoms with Gasteiger partial charge in [-0.25, -0.2) is 9.18 Å². The van der Waals surface area contributed by atoms with E-state index in [0.29, 0.717) is 0 Å². The standard InChI is InChI=1S/C14H10F4O3/c1-6-10-8-4-3-7(15)5-9(8)20-12(19)11(10)21-13(6,2)14(16,17)18/h3-6H,1-2H3/t6-,13?/m1/s1. The smallest absolute Gasteiger partial charge is 0.428 e. The van der Waals surface area contributed by atoms with Crippen LogP contribution in [0.5, 0.6) is 5.75 Å². The second kappa shape index (κ2) is 3.99. The van der Waals surface area contributed by atoms with Crippen LogP contribution < -0.4 is 10.4 Å². The van der Waals surface area contributed by atoms with Gasteiger partial charge in [0.25, 0.3) is 0 Å². The van der Waals surface area contributed by atoms with Crippen LogP contribution in [-0.2, 0) is 0 Å². The molecule has 7 heteroatoms. The van der Waals surface area contributed by atoms with Crippen LogP contribution in [0.15, 0.2) is 27.4 Å². The van der Waals surface area contributed by atoms with Crippen LogP contribution in [0.4, 0.5) is 17.6 Å². The Morgan fingerprint density at radius 1 is 1.29 bits per heavy atom. The highest BCUT2D eigenvalue weighted by Crippen LogP contribution is 2.52. The minimum atomic E-state index is -4.66. The fourth-order valence-corrected chi connectivity index (χ4v) is 2.59. The van der Waals surface area contributed by atoms with E-state index in [1.54, 1.807) is 0 Å². The molecule has 2 aromatic rings. The fraction of sp³-hybridized carbons (Fsp3) is 0.357. The second-order valence-electron chi connectivity index (χ2n) is 5.20. The average Bonchev–Trinajstić information content (AvgIpc) is 2.64. The zero-order valence-electron chi connectivity index (χ0n) is 11.0. The van der Waals surface area contributed by atoms with Crippen molar-refractivity contribution in [2.24, 2.45) is 0 Å². The van der Waals surface area contributed by atoms with E-state index >= 15 is 0 Å². The van der Waals surface area contributed by atoms with E-state index in [1.165, 1.54) is 13.0 Å². The van der Waals surface area contributed by atoms with Gasteiger partial charge in [-0.1, -0.05) is 6.92 Å². The topological polar surface area (TPSA) is 39.4 Å². The number of hydrogen-bond donors (Lipinski definition) is 0. The molecule has 2 atom stereocenters. The highest BCUT2D eigenvalue weighted by Gasteiger charge is 2.62. The first-order chi connectivity index (χ1) is 9.65. The normalized spacial score (nSPS) is 25.0. The molecule has 1 aliphatic heterocycles. The number of benzene rings is 1. The summed E-state index contributed by atoms with van der Waals surface area (Å²) in [6.07, 6.45) is -4.66. The minimum absolute atomic E-state index is 0.0966. The molecule has 1 aromatic heterocycles. The molecule has 1 aliphatic rings. The number of alkyl halides is 3. The van der Waals surface area contributed by atoms with Gasteiger partial charge in [0.15, 0.2) is 0 Å². The van der Waals surface area contributed by atoms with Gasteiger partial charge < -0.3 is 9.15 Å². The van der Waals surface area contributed by atoms with Crippen LogP contribution in [-0.4, -0.2) is 11.8 Å². The lowest BCUT2D eigenvalue weighted by atomic mass is 9.85. The van der Waals surface area contributed by atoms with Gasteiger partial charge in [0, 0.05) is 22.9 Å². The summed E-state index contributed by atoms with van der Waals surface area (Å²) in [4.78, 5) is 11.8. The van der Waals surface area contributed by atoms with Gasteiger partial charge in [0.1, 0.15) is 11.4 Å². The van der Waals surface area contributed by atoms with E-state index < -0.39 is 34.9 Å². The zero-order chi connectivity index (χ0) is 15.6. The van der Waals surface area contributed by atoms with E-state index in [-0.39, 0.29) is 16.5 Å². The van der Waals surface area contributed by atoms with Crippen molar-refractivity contribution in [1.82, 2.24) is 0 Å². The molecule has 0 saturated heterocycles. The molecule has 0 radical (unpaired) electrons. The first-order valence-electron chi connectivity index (χ1n) is 6.17. The predicted molar refractivity (Wildman–Crippen MR) is 65.9 cm³/mol. The molecule has 21 heavy (non-hydrogen) atoms. The Morgan fingerprint density at radius 3 is 2.57 bits per heavy atom. The molecule has 0 N–H and O–H groups in total. The molecule has 112 valence electrons. The molecule has 3 nitrogen and oxygen atoms in total. The average molecular weight is 302 g/mol. The minimum Gasteiger partial charge on any atom is -0.470 e. The largest absolute Gasteiger partial charge is 0.470 e. The Bertz CT molecular complexity index is 793. The molecule has 2 heterocycles. The third-order valence-corrected chi connectivity index (χ3v) is 4.00. The van der Waals surface area contributed by atoms with Crippen molar-refractivity contribution < 1.29 is 26.7 Å². The predicted octanol–water partition coefficient (Wildman–Crippen LogP) is 3.75. The molecule has 0 spiro atoms. The second-order valence-corrected chi connectivity index (χ2v) is 5.20. The van der Waals surface area contributed by atoms with Gasteiger partial charge in [-0.15, -0.1) is 0 Å². The van der Waals surface area contributed by atoms with Crippen molar-refractivity contribution in [1.29, 1.82) is 0 Å². The quantitative estimate of drug-likeness (QED) is 0.549. The molecule has 1 unspecified atom stereocenters. The molecule has 0 bridgehead atoms. The third-order valence-electron chi connectivity index (χ3n) is 4.00. The van der Waals surface area contributed by atoms with Crippen molar-refractivity contribution in [3.63, 3.8) is 0 Å². The van der Waals surface area contributed by atoms with Crippen molar-refractivity contribution >= 4 is 11.0 Å². The van der Waals surface area contributed by atoms with Gasteiger partial charge in [0.05, 0.1) is 0 Å². The maximum absolute atomic E-state index is 13.2. The summed E-state index contributed by atoms with van der Waals surface area (Å²) in [5, 5.41) is 0.242. The molecule has 3 rings (SSSR count). The molecular weight excluding hydrogens is 292 g/mol. The van der Waals surface area contributed by atoms with Crippen LogP contribution in [0.1, 0.15) is 25.3 Å². The van der Waals surface area contributed by atoms with E-state index in [9.17, 15) is 22.4 Å². The summed E-state index contributed by atoms with van der Waals surface area (Å²) in [5.74, 6) is -2.22. The summed E-state index contributed by atoms with van der Waals surface area (Å²) < 4.78 is 62.7. The Kier molecular flexibility index (Phi) is 2.64. The zero-order valence-corrected chi connectivity index (χ0v) is 11.0. The van der Waals surface area contributed by atoms with E-state index in [2.05, 4.69) is 0 Å². The first-order valence-corrected chi connectivity index (χ1v) is 6.17. The summed E-state index contributed by atoms with van der Waals surface area (Å²) >= 11 is 0. The monoisotopic (exact) mass is 302 g/mol. The van der Waals surface area contributed by atoms with Crippen molar-refractivity contribution in [2.45, 2.75) is 31.5 Å². The van der Waals surface area contributed by atoms with Gasteiger partial charge in [-0.2, -0.15) is 13.2 Å². The summed E-state index contributed by atoms with van der Waals surface area (Å²) in [7, 11) is 0. The lowest BCUT2D eigenvalue weighted by Gasteiger charge is -2.30. The van der Waals surface area contributed by atoms with Crippen molar-refractivity contribution in [3.8, 4) is 5.75 Å². The number of hydrogen-bond acceptors (Lipinski definition) is 3. The molecular formula is C14H10F4O3. The highest BCUT2D eigenvalue weighted by molar-refractivity contribution is 5.83. The molecule has 0 saturated carbocycles. The first kappa shape index (κ1) is 13.9. The van der Waals surface area contributed by atoms with Crippen LogP contribution in [0, 0.1) is 5.82 Å². The third kappa shape index (κ3) is 1.76. The maximum atomic E-state index is 13.2. The van der Waals surface area contributed by atoms with Gasteiger partial charge in [-0.3, -0.25) is 0 Å². The molecule has 0 fully saturated rings. The number of ether oxygens (including phenoxy) is 1. The summed E-state index contributed by atoms with van der Waals surface area (Å²) in [6, 6.07) is 3.35. The SMILES string of the molecule is C[C@@H]1c2c(c(=O)oc3cc(F)ccc23)OC1(C)C(F)(F)F. The fourth-order valence-electron chi connectivity index (χ4n) is 2.59. The molecule has 0 aliphatic carbocycles. The molecule has 1 aromatic carbocycles. The van der Waals surface area contributed by atoms with Crippen LogP contribution in [0.2, 0.25) is 0 Å². The van der Waals surface area contributed by atoms with E-state index in [1.807, 2.05) is 0 Å². The Hall–Kier alpha value is -2.05. The summed E-state index contributed by atoms with van der Waals surface area (Å²) in [5.41, 5.74) is -3.56.